The summed E-state index contributed by atoms with van der Waals surface area (Å²) in [7, 11) is 0. The van der Waals surface area contributed by atoms with Gasteiger partial charge in [0.15, 0.2) is 5.11 Å². The van der Waals surface area contributed by atoms with E-state index in [1.807, 2.05) is 24.3 Å². The second-order valence-electron chi connectivity index (χ2n) is 8.38. The lowest BCUT2D eigenvalue weighted by Crippen LogP contribution is -2.52. The number of nitro benzene ring substituents is 1. The van der Waals surface area contributed by atoms with Crippen molar-refractivity contribution in [2.24, 2.45) is 0 Å². The number of amides is 1. The fraction of sp³-hybridized carbons (Fsp3) is 0.333. The first-order valence-corrected chi connectivity index (χ1v) is 11.3. The molecule has 1 N–H and O–H groups in total. The van der Waals surface area contributed by atoms with Crippen molar-refractivity contribution in [3.05, 3.63) is 75.3 Å². The maximum atomic E-state index is 12.9. The fourth-order valence-corrected chi connectivity index (χ4v) is 3.94. The van der Waals surface area contributed by atoms with E-state index in [4.69, 9.17) is 12.2 Å². The highest BCUT2D eigenvalue weighted by Gasteiger charge is 2.34. The van der Waals surface area contributed by atoms with Crippen molar-refractivity contribution in [3.8, 4) is 0 Å². The van der Waals surface area contributed by atoms with Crippen LogP contribution in [0.25, 0.3) is 6.08 Å². The van der Waals surface area contributed by atoms with Gasteiger partial charge in [-0.15, -0.1) is 0 Å². The first kappa shape index (κ1) is 26.1. The van der Waals surface area contributed by atoms with Gasteiger partial charge in [-0.1, -0.05) is 38.1 Å². The minimum atomic E-state index is -4.67. The summed E-state index contributed by atoms with van der Waals surface area (Å²) in [6, 6.07) is 10.4. The minimum Gasteiger partial charge on any atom is -0.362 e. The molecule has 0 spiro atoms. The number of anilines is 1. The van der Waals surface area contributed by atoms with Crippen molar-refractivity contribution in [1.82, 2.24) is 10.2 Å². The summed E-state index contributed by atoms with van der Waals surface area (Å²) in [6.45, 7) is 5.48. The number of alkyl halides is 3. The molecule has 0 bridgehead atoms. The van der Waals surface area contributed by atoms with E-state index >= 15 is 0 Å². The molecule has 2 aromatic carbocycles. The molecule has 0 radical (unpaired) electrons. The van der Waals surface area contributed by atoms with Crippen molar-refractivity contribution < 1.29 is 22.9 Å². The molecule has 1 aliphatic heterocycles. The van der Waals surface area contributed by atoms with Gasteiger partial charge in [0, 0.05) is 38.3 Å². The lowest BCUT2D eigenvalue weighted by Gasteiger charge is -2.36. The molecule has 186 valence electrons. The quantitative estimate of drug-likeness (QED) is 0.267. The molecule has 3 rings (SSSR count). The molecular weight excluding hydrogens is 481 g/mol. The number of benzene rings is 2. The van der Waals surface area contributed by atoms with Gasteiger partial charge in [0.25, 0.3) is 5.69 Å². The Bertz CT molecular complexity index is 1130. The smallest absolute Gasteiger partial charge is 0.362 e. The van der Waals surface area contributed by atoms with E-state index in [1.54, 1.807) is 15.9 Å². The van der Waals surface area contributed by atoms with Crippen molar-refractivity contribution in [2.75, 3.05) is 31.1 Å². The number of nitrogens with one attached hydrogen (secondary N) is 1. The lowest BCUT2D eigenvalue weighted by atomic mass is 10.0. The number of rotatable bonds is 5. The number of thiocarbonyl (C=S) groups is 1. The van der Waals surface area contributed by atoms with E-state index in [0.29, 0.717) is 38.2 Å². The van der Waals surface area contributed by atoms with Crippen LogP contribution >= 0.6 is 12.2 Å². The van der Waals surface area contributed by atoms with Crippen molar-refractivity contribution in [3.63, 3.8) is 0 Å². The second-order valence-corrected chi connectivity index (χ2v) is 8.77. The molecule has 0 atom stereocenters. The van der Waals surface area contributed by atoms with Crippen LogP contribution in [0.2, 0.25) is 0 Å². The van der Waals surface area contributed by atoms with Crippen LogP contribution in [-0.4, -0.2) is 47.0 Å². The van der Waals surface area contributed by atoms with Crippen LogP contribution in [0.5, 0.6) is 0 Å². The maximum Gasteiger partial charge on any atom is 0.416 e. The van der Waals surface area contributed by atoms with Crippen LogP contribution < -0.4 is 10.2 Å². The minimum absolute atomic E-state index is 0.115. The van der Waals surface area contributed by atoms with Crippen LogP contribution in [-0.2, 0) is 11.0 Å². The summed E-state index contributed by atoms with van der Waals surface area (Å²) in [5.41, 5.74) is 0.523. The number of nitrogens with zero attached hydrogens (tertiary/aromatic N) is 3. The van der Waals surface area contributed by atoms with Gasteiger partial charge >= 0.3 is 6.18 Å². The van der Waals surface area contributed by atoms with Crippen molar-refractivity contribution in [1.29, 1.82) is 0 Å². The summed E-state index contributed by atoms with van der Waals surface area (Å²) in [6.07, 6.45) is -1.60. The number of carbonyl (C=O) groups excluding carboxylic acids is 1. The molecule has 0 unspecified atom stereocenters. The standard InChI is InChI=1S/C24H25F3N4O3S/c1-16(2)18-6-3-17(4-7-18)5-10-22(32)28-23(35)30-13-11-29(12-14-30)20-9-8-19(24(25,26)27)15-21(20)31(33)34/h3-10,15-16H,11-14H2,1-2H3,(H,28,32,35). The van der Waals surface area contributed by atoms with E-state index in [2.05, 4.69) is 19.2 Å². The van der Waals surface area contributed by atoms with E-state index in [-0.39, 0.29) is 16.7 Å². The molecule has 2 aromatic rings. The summed E-state index contributed by atoms with van der Waals surface area (Å²) >= 11 is 5.32. The maximum absolute atomic E-state index is 12.9. The van der Waals surface area contributed by atoms with Gasteiger partial charge in [0.1, 0.15) is 5.69 Å². The fourth-order valence-electron chi connectivity index (χ4n) is 3.65. The zero-order chi connectivity index (χ0) is 25.8. The highest BCUT2D eigenvalue weighted by atomic mass is 32.1. The summed E-state index contributed by atoms with van der Waals surface area (Å²) in [5.74, 6) is 0.0308. The first-order valence-electron chi connectivity index (χ1n) is 10.9. The van der Waals surface area contributed by atoms with Crippen molar-refractivity contribution in [2.45, 2.75) is 25.9 Å². The molecular formula is C24H25F3N4O3S. The molecule has 1 aliphatic rings. The number of nitro groups is 1. The van der Waals surface area contributed by atoms with Gasteiger partial charge < -0.3 is 9.80 Å². The number of piperazine rings is 1. The Morgan fingerprint density at radius 3 is 2.29 bits per heavy atom. The predicted octanol–water partition coefficient (Wildman–Crippen LogP) is 4.97. The largest absolute Gasteiger partial charge is 0.416 e. The highest BCUT2D eigenvalue weighted by Crippen LogP contribution is 2.36. The molecule has 1 fully saturated rings. The van der Waals surface area contributed by atoms with Gasteiger partial charge in [0.2, 0.25) is 5.91 Å². The molecule has 1 amide bonds. The summed E-state index contributed by atoms with van der Waals surface area (Å²) < 4.78 is 38.8. The van der Waals surface area contributed by atoms with E-state index in [0.717, 1.165) is 17.7 Å². The van der Waals surface area contributed by atoms with Crippen LogP contribution in [0, 0.1) is 10.1 Å². The summed E-state index contributed by atoms with van der Waals surface area (Å²) in [4.78, 5) is 26.2. The Kier molecular flexibility index (Phi) is 8.11. The lowest BCUT2D eigenvalue weighted by molar-refractivity contribution is -0.384. The van der Waals surface area contributed by atoms with Gasteiger partial charge in [-0.2, -0.15) is 13.2 Å². The van der Waals surface area contributed by atoms with Gasteiger partial charge in [-0.3, -0.25) is 20.2 Å². The molecule has 7 nitrogen and oxygen atoms in total. The third-order valence-electron chi connectivity index (χ3n) is 5.67. The molecule has 1 saturated heterocycles. The third-order valence-corrected chi connectivity index (χ3v) is 6.03. The van der Waals surface area contributed by atoms with Gasteiger partial charge in [0.05, 0.1) is 10.5 Å². The average Bonchev–Trinajstić information content (AvgIpc) is 2.82. The summed E-state index contributed by atoms with van der Waals surface area (Å²) in [5, 5.41) is 14.2. The highest BCUT2D eigenvalue weighted by molar-refractivity contribution is 7.80. The zero-order valence-corrected chi connectivity index (χ0v) is 20.0. The Labute approximate surface area is 206 Å². The normalized spacial score (nSPS) is 14.5. The Morgan fingerprint density at radius 2 is 1.74 bits per heavy atom. The number of hydrogen-bond donors (Lipinski definition) is 1. The SMILES string of the molecule is CC(C)c1ccc(C=CC(=O)NC(=S)N2CCN(c3ccc(C(F)(F)F)cc3[N+](=O)[O-])CC2)cc1. The van der Waals surface area contributed by atoms with Crippen LogP contribution in [0.4, 0.5) is 24.5 Å². The Hall–Kier alpha value is -3.47. The van der Waals surface area contributed by atoms with E-state index in [9.17, 15) is 28.1 Å². The van der Waals surface area contributed by atoms with Gasteiger partial charge in [-0.05, 0) is 47.5 Å². The van der Waals surface area contributed by atoms with Crippen LogP contribution in [0.1, 0.15) is 36.5 Å². The zero-order valence-electron chi connectivity index (χ0n) is 19.2. The van der Waals surface area contributed by atoms with E-state index < -0.39 is 22.4 Å². The molecule has 35 heavy (non-hydrogen) atoms. The molecule has 11 heteroatoms. The monoisotopic (exact) mass is 506 g/mol. The topological polar surface area (TPSA) is 78.7 Å². The van der Waals surface area contributed by atoms with Crippen LogP contribution in [0.3, 0.4) is 0 Å². The third kappa shape index (κ3) is 6.78. The van der Waals surface area contributed by atoms with Gasteiger partial charge in [-0.25, -0.2) is 0 Å². The van der Waals surface area contributed by atoms with Crippen LogP contribution in [0.15, 0.2) is 48.5 Å². The first-order chi connectivity index (χ1) is 16.5. The number of carbonyl (C=O) groups is 1. The second kappa shape index (κ2) is 10.9. The molecule has 0 aromatic heterocycles. The molecule has 1 heterocycles. The van der Waals surface area contributed by atoms with Crippen molar-refractivity contribution >= 4 is 40.7 Å². The predicted molar refractivity (Wildman–Crippen MR) is 132 cm³/mol. The van der Waals surface area contributed by atoms with E-state index in [1.165, 1.54) is 11.6 Å². The molecule has 0 aliphatic carbocycles. The Morgan fingerprint density at radius 1 is 1.11 bits per heavy atom. The average molecular weight is 507 g/mol. The number of hydrogen-bond acceptors (Lipinski definition) is 5. The molecule has 0 saturated carbocycles. The number of halogens is 3. The Balaban J connectivity index is 1.57.